The number of aryl methyl sites for hydroxylation is 2. The molecule has 17 heavy (non-hydrogen) atoms. The van der Waals surface area contributed by atoms with Gasteiger partial charge in [-0.3, -0.25) is 4.79 Å². The largest absolute Gasteiger partial charge is 0.293 e. The third kappa shape index (κ3) is 1.43. The summed E-state index contributed by atoms with van der Waals surface area (Å²) in [4.78, 5) is 11.9. The van der Waals surface area contributed by atoms with Crippen molar-refractivity contribution in [3.05, 3.63) is 47.0 Å². The molecule has 0 aromatic heterocycles. The molecule has 1 aliphatic carbocycles. The second kappa shape index (κ2) is 3.71. The van der Waals surface area contributed by atoms with Crippen LogP contribution in [0.25, 0.3) is 10.8 Å². The first-order valence-corrected chi connectivity index (χ1v) is 5.75. The molecule has 2 heteroatoms. The molecule has 0 fully saturated rings. The van der Waals surface area contributed by atoms with Gasteiger partial charge in [-0.05, 0) is 34.7 Å². The van der Waals surface area contributed by atoms with Gasteiger partial charge in [-0.1, -0.05) is 30.3 Å². The van der Waals surface area contributed by atoms with Gasteiger partial charge >= 0.3 is 0 Å². The Hall–Kier alpha value is -2.14. The molecule has 1 aliphatic rings. The van der Waals surface area contributed by atoms with Crippen molar-refractivity contribution in [2.24, 2.45) is 0 Å². The number of benzene rings is 2. The maximum atomic E-state index is 11.9. The van der Waals surface area contributed by atoms with Crippen LogP contribution in [-0.4, -0.2) is 5.78 Å². The van der Waals surface area contributed by atoms with Crippen molar-refractivity contribution in [3.8, 4) is 6.07 Å². The Labute approximate surface area is 99.5 Å². The molecule has 0 aliphatic heterocycles. The highest BCUT2D eigenvalue weighted by Crippen LogP contribution is 2.33. The summed E-state index contributed by atoms with van der Waals surface area (Å²) in [5.74, 6) is -0.0805. The van der Waals surface area contributed by atoms with E-state index in [1.54, 1.807) is 0 Å². The van der Waals surface area contributed by atoms with Gasteiger partial charge in [0.05, 0.1) is 12.5 Å². The summed E-state index contributed by atoms with van der Waals surface area (Å²) >= 11 is 0. The van der Waals surface area contributed by atoms with Gasteiger partial charge in [0.2, 0.25) is 0 Å². The lowest BCUT2D eigenvalue weighted by Crippen LogP contribution is -1.99. The summed E-state index contributed by atoms with van der Waals surface area (Å²) in [5.41, 5.74) is 3.34. The van der Waals surface area contributed by atoms with Crippen molar-refractivity contribution in [1.29, 1.82) is 5.26 Å². The maximum absolute atomic E-state index is 11.9. The predicted molar refractivity (Wildman–Crippen MR) is 65.9 cm³/mol. The zero-order valence-electron chi connectivity index (χ0n) is 9.36. The SMILES string of the molecule is N#CCC(=O)c1ccc2c3c(cccc13)CC2. The van der Waals surface area contributed by atoms with Gasteiger partial charge < -0.3 is 0 Å². The zero-order chi connectivity index (χ0) is 11.8. The first-order valence-electron chi connectivity index (χ1n) is 5.75. The fourth-order valence-electron chi connectivity index (χ4n) is 2.66. The molecule has 0 saturated heterocycles. The quantitative estimate of drug-likeness (QED) is 0.731. The molecule has 0 spiro atoms. The van der Waals surface area contributed by atoms with Crippen molar-refractivity contribution in [2.75, 3.05) is 0 Å². The highest BCUT2D eigenvalue weighted by molar-refractivity contribution is 6.10. The van der Waals surface area contributed by atoms with Crippen molar-refractivity contribution in [1.82, 2.24) is 0 Å². The molecule has 3 rings (SSSR count). The van der Waals surface area contributed by atoms with Crippen molar-refractivity contribution < 1.29 is 4.79 Å². The minimum Gasteiger partial charge on any atom is -0.293 e. The van der Waals surface area contributed by atoms with E-state index in [1.807, 2.05) is 30.3 Å². The molecule has 0 bridgehead atoms. The lowest BCUT2D eigenvalue weighted by atomic mass is 9.97. The number of hydrogen-bond donors (Lipinski definition) is 0. The van der Waals surface area contributed by atoms with E-state index in [0.29, 0.717) is 5.56 Å². The summed E-state index contributed by atoms with van der Waals surface area (Å²) in [6.07, 6.45) is 2.07. The number of Topliss-reactive ketones (excluding diaryl/α,β-unsaturated/α-hetero) is 1. The van der Waals surface area contributed by atoms with E-state index in [9.17, 15) is 4.79 Å². The Morgan fingerprint density at radius 3 is 2.71 bits per heavy atom. The Morgan fingerprint density at radius 2 is 1.94 bits per heavy atom. The third-order valence-electron chi connectivity index (χ3n) is 3.42. The van der Waals surface area contributed by atoms with Crippen LogP contribution in [0.2, 0.25) is 0 Å². The fourth-order valence-corrected chi connectivity index (χ4v) is 2.66. The van der Waals surface area contributed by atoms with Crippen LogP contribution in [0.5, 0.6) is 0 Å². The lowest BCUT2D eigenvalue weighted by Gasteiger charge is -2.06. The molecule has 0 unspecified atom stereocenters. The van der Waals surface area contributed by atoms with E-state index in [2.05, 4.69) is 6.07 Å². The summed E-state index contributed by atoms with van der Waals surface area (Å²) in [6.45, 7) is 0. The van der Waals surface area contributed by atoms with Gasteiger partial charge in [0.1, 0.15) is 0 Å². The average Bonchev–Trinajstić information content (AvgIpc) is 2.76. The van der Waals surface area contributed by atoms with Gasteiger partial charge in [-0.25, -0.2) is 0 Å². The van der Waals surface area contributed by atoms with E-state index < -0.39 is 0 Å². The summed E-state index contributed by atoms with van der Waals surface area (Å²) in [6, 6.07) is 11.9. The Kier molecular flexibility index (Phi) is 2.19. The Balaban J connectivity index is 2.29. The Morgan fingerprint density at radius 1 is 1.18 bits per heavy atom. The van der Waals surface area contributed by atoms with E-state index in [1.165, 1.54) is 16.5 Å². The minimum atomic E-state index is -0.0805. The monoisotopic (exact) mass is 221 g/mol. The second-order valence-corrected chi connectivity index (χ2v) is 4.37. The molecule has 0 heterocycles. The van der Waals surface area contributed by atoms with Crippen LogP contribution in [-0.2, 0) is 12.8 Å². The number of nitriles is 1. The molecular formula is C15H11NO. The average molecular weight is 221 g/mol. The van der Waals surface area contributed by atoms with E-state index in [-0.39, 0.29) is 12.2 Å². The molecule has 0 N–H and O–H groups in total. The van der Waals surface area contributed by atoms with Crippen LogP contribution >= 0.6 is 0 Å². The number of hydrogen-bond acceptors (Lipinski definition) is 2. The zero-order valence-corrected chi connectivity index (χ0v) is 9.36. The number of rotatable bonds is 2. The number of carbonyl (C=O) groups is 1. The van der Waals surface area contributed by atoms with Crippen LogP contribution in [0.15, 0.2) is 30.3 Å². The van der Waals surface area contributed by atoms with E-state index >= 15 is 0 Å². The number of nitrogens with zero attached hydrogens (tertiary/aromatic N) is 1. The molecule has 2 aromatic carbocycles. The third-order valence-corrected chi connectivity index (χ3v) is 3.42. The molecule has 0 amide bonds. The topological polar surface area (TPSA) is 40.9 Å². The summed E-state index contributed by atoms with van der Waals surface area (Å²) in [5, 5.41) is 10.9. The maximum Gasteiger partial charge on any atom is 0.177 e. The summed E-state index contributed by atoms with van der Waals surface area (Å²) < 4.78 is 0. The molecule has 0 radical (unpaired) electrons. The summed E-state index contributed by atoms with van der Waals surface area (Å²) in [7, 11) is 0. The smallest absolute Gasteiger partial charge is 0.177 e. The van der Waals surface area contributed by atoms with Gasteiger partial charge in [0, 0.05) is 5.56 Å². The van der Waals surface area contributed by atoms with Crippen LogP contribution in [0, 0.1) is 11.3 Å². The number of ketones is 1. The van der Waals surface area contributed by atoms with Gasteiger partial charge in [0.25, 0.3) is 0 Å². The van der Waals surface area contributed by atoms with Crippen LogP contribution < -0.4 is 0 Å². The highest BCUT2D eigenvalue weighted by atomic mass is 16.1. The van der Waals surface area contributed by atoms with Gasteiger partial charge in [-0.15, -0.1) is 0 Å². The molecule has 82 valence electrons. The first-order chi connectivity index (χ1) is 8.31. The normalized spacial score (nSPS) is 12.6. The molecule has 0 atom stereocenters. The standard InChI is InChI=1S/C15H11NO/c16-9-8-14(17)12-7-6-11-5-4-10-2-1-3-13(12)15(10)11/h1-3,6-7H,4-5,8H2. The number of carbonyl (C=O) groups excluding carboxylic acids is 1. The van der Waals surface area contributed by atoms with Gasteiger partial charge in [0.15, 0.2) is 5.78 Å². The molecule has 0 saturated carbocycles. The molecule has 2 nitrogen and oxygen atoms in total. The Bertz CT molecular complexity index is 654. The van der Waals surface area contributed by atoms with Crippen molar-refractivity contribution in [3.63, 3.8) is 0 Å². The van der Waals surface area contributed by atoms with Crippen LogP contribution in [0.3, 0.4) is 0 Å². The van der Waals surface area contributed by atoms with Crippen LogP contribution in [0.1, 0.15) is 27.9 Å². The minimum absolute atomic E-state index is 0.0430. The lowest BCUT2D eigenvalue weighted by molar-refractivity contribution is 0.0999. The highest BCUT2D eigenvalue weighted by Gasteiger charge is 2.18. The van der Waals surface area contributed by atoms with Gasteiger partial charge in [-0.2, -0.15) is 5.26 Å². The van der Waals surface area contributed by atoms with E-state index in [4.69, 9.17) is 5.26 Å². The molecular weight excluding hydrogens is 210 g/mol. The van der Waals surface area contributed by atoms with Crippen LogP contribution in [0.4, 0.5) is 0 Å². The van der Waals surface area contributed by atoms with Crippen molar-refractivity contribution in [2.45, 2.75) is 19.3 Å². The fraction of sp³-hybridized carbons (Fsp3) is 0.200. The second-order valence-electron chi connectivity index (χ2n) is 4.37. The molecule has 2 aromatic rings. The van der Waals surface area contributed by atoms with E-state index in [0.717, 1.165) is 18.2 Å². The first kappa shape index (κ1) is 10.0. The van der Waals surface area contributed by atoms with Crippen molar-refractivity contribution >= 4 is 16.6 Å². The predicted octanol–water partition coefficient (Wildman–Crippen LogP) is 3.03.